The van der Waals surface area contributed by atoms with Gasteiger partial charge in [0, 0.05) is 56.4 Å². The number of carboxylic acid groups (broad SMARTS) is 1. The van der Waals surface area contributed by atoms with Crippen LogP contribution in [0.15, 0.2) is 42.8 Å². The summed E-state index contributed by atoms with van der Waals surface area (Å²) in [4.78, 5) is 15.3. The van der Waals surface area contributed by atoms with Gasteiger partial charge in [0.25, 0.3) is 0 Å². The summed E-state index contributed by atoms with van der Waals surface area (Å²) in [5.74, 6) is -1.07. The number of nitrogens with zero attached hydrogens (tertiary/aromatic N) is 3. The van der Waals surface area contributed by atoms with Gasteiger partial charge in [-0.15, -0.1) is 0 Å². The summed E-state index contributed by atoms with van der Waals surface area (Å²) in [5.41, 5.74) is 10.5. The van der Waals surface area contributed by atoms with Gasteiger partial charge in [-0.25, -0.2) is 4.79 Å². The van der Waals surface area contributed by atoms with Crippen molar-refractivity contribution in [2.45, 2.75) is 20.0 Å². The van der Waals surface area contributed by atoms with Crippen LogP contribution < -0.4 is 11.1 Å². The first-order chi connectivity index (χ1) is 15.9. The highest BCUT2D eigenvalue weighted by molar-refractivity contribution is 5.94. The van der Waals surface area contributed by atoms with Crippen LogP contribution in [-0.2, 0) is 0 Å². The van der Waals surface area contributed by atoms with Crippen molar-refractivity contribution in [3.63, 3.8) is 0 Å². The third-order valence-corrected chi connectivity index (χ3v) is 5.94. The van der Waals surface area contributed by atoms with E-state index in [1.165, 1.54) is 4.90 Å². The number of aromatic nitrogens is 1. The third-order valence-electron chi connectivity index (χ3n) is 5.94. The first kappa shape index (κ1) is 25.2. The van der Waals surface area contributed by atoms with Gasteiger partial charge < -0.3 is 25.5 Å². The summed E-state index contributed by atoms with van der Waals surface area (Å²) in [7, 11) is 1.77. The van der Waals surface area contributed by atoms with Gasteiger partial charge in [-0.2, -0.15) is 13.2 Å². The molecule has 0 aliphatic carbocycles. The first-order valence-corrected chi connectivity index (χ1v) is 10.9. The molecule has 34 heavy (non-hydrogen) atoms. The molecule has 7 nitrogen and oxygen atoms in total. The van der Waals surface area contributed by atoms with Gasteiger partial charge in [0.1, 0.15) is 0 Å². The summed E-state index contributed by atoms with van der Waals surface area (Å²) in [6, 6.07) is 3.50. The van der Waals surface area contributed by atoms with E-state index in [1.54, 1.807) is 33.0 Å². The van der Waals surface area contributed by atoms with Gasteiger partial charge in [0.05, 0.1) is 29.0 Å². The first-order valence-electron chi connectivity index (χ1n) is 10.9. The average Bonchev–Trinajstić information content (AvgIpc) is 3.15. The minimum absolute atomic E-state index is 0.139. The molecule has 3 rings (SSSR count). The topological polar surface area (TPSA) is 86.2 Å². The van der Waals surface area contributed by atoms with Crippen LogP contribution in [0.25, 0.3) is 16.9 Å². The maximum Gasteiger partial charge on any atom is 0.401 e. The number of carbonyl (C=O) groups is 1. The molecular formula is C24H30F3N5O2. The second-order valence-corrected chi connectivity index (χ2v) is 8.39. The summed E-state index contributed by atoms with van der Waals surface area (Å²) in [6.07, 6.45) is 1.17. The van der Waals surface area contributed by atoms with E-state index in [2.05, 4.69) is 11.9 Å². The van der Waals surface area contributed by atoms with Crippen LogP contribution in [-0.4, -0.2) is 71.2 Å². The Bertz CT molecular complexity index is 1150. The summed E-state index contributed by atoms with van der Waals surface area (Å²) in [6.45, 7) is 7.97. The number of aromatic carboxylic acids is 1. The van der Waals surface area contributed by atoms with E-state index in [-0.39, 0.29) is 18.7 Å². The molecular weight excluding hydrogens is 447 g/mol. The number of piperazine rings is 1. The Morgan fingerprint density at radius 3 is 2.41 bits per heavy atom. The lowest BCUT2D eigenvalue weighted by Crippen LogP contribution is -2.48. The fourth-order valence-electron chi connectivity index (χ4n) is 4.25. The second kappa shape index (κ2) is 9.84. The maximum atomic E-state index is 12.8. The van der Waals surface area contributed by atoms with Crippen LogP contribution in [0.5, 0.6) is 0 Å². The predicted octanol–water partition coefficient (Wildman–Crippen LogP) is 3.52. The number of nitrogens with one attached hydrogen (secondary N) is 1. The smallest absolute Gasteiger partial charge is 0.401 e. The number of allylic oxidation sites excluding steroid dienone is 3. The van der Waals surface area contributed by atoms with Crippen LogP contribution in [0.3, 0.4) is 0 Å². The normalized spacial score (nSPS) is 16.2. The Balaban J connectivity index is 2.04. The molecule has 0 aromatic carbocycles. The molecule has 10 heteroatoms. The van der Waals surface area contributed by atoms with Crippen molar-refractivity contribution >= 4 is 22.9 Å². The number of hydrogen-bond acceptors (Lipinski definition) is 5. The van der Waals surface area contributed by atoms with Gasteiger partial charge in [-0.1, -0.05) is 6.58 Å². The molecule has 2 aromatic heterocycles. The van der Waals surface area contributed by atoms with E-state index in [9.17, 15) is 23.1 Å². The highest BCUT2D eigenvalue weighted by atomic mass is 19.4. The Morgan fingerprint density at radius 1 is 1.24 bits per heavy atom. The molecule has 0 unspecified atom stereocenters. The zero-order chi connectivity index (χ0) is 25.2. The molecule has 3 heterocycles. The number of nitrogens with two attached hydrogens (primary N) is 1. The van der Waals surface area contributed by atoms with Crippen molar-refractivity contribution in [2.75, 3.05) is 39.8 Å². The minimum Gasteiger partial charge on any atom is -0.478 e. The number of hydrogen-bond donors (Lipinski definition) is 3. The Hall–Kier alpha value is -3.40. The lowest BCUT2D eigenvalue weighted by molar-refractivity contribution is -0.148. The number of fused-ring (bicyclic) bond motifs is 1. The highest BCUT2D eigenvalue weighted by Crippen LogP contribution is 2.31. The van der Waals surface area contributed by atoms with E-state index < -0.39 is 18.7 Å². The van der Waals surface area contributed by atoms with Crippen molar-refractivity contribution in [3.05, 3.63) is 65.1 Å². The van der Waals surface area contributed by atoms with E-state index in [0.29, 0.717) is 41.3 Å². The Morgan fingerprint density at radius 2 is 1.88 bits per heavy atom. The zero-order valence-corrected chi connectivity index (χ0v) is 19.5. The van der Waals surface area contributed by atoms with Gasteiger partial charge >= 0.3 is 12.1 Å². The molecule has 0 radical (unpaired) electrons. The van der Waals surface area contributed by atoms with Gasteiger partial charge in [0.15, 0.2) is 0 Å². The monoisotopic (exact) mass is 477 g/mol. The zero-order valence-electron chi connectivity index (χ0n) is 19.5. The molecule has 1 aliphatic rings. The molecule has 0 atom stereocenters. The average molecular weight is 478 g/mol. The SMILES string of the molecule is C=C(c1c(C)c(C(=O)O)cc2c(/C(=C/C=C(/C)N)NC)ccn12)N1CCN(CC(F)(F)F)CC1. The summed E-state index contributed by atoms with van der Waals surface area (Å²) < 4.78 is 40.1. The molecule has 4 N–H and O–H groups in total. The minimum atomic E-state index is -4.24. The number of pyridine rings is 1. The van der Waals surface area contributed by atoms with Gasteiger partial charge in [0.2, 0.25) is 0 Å². The molecule has 0 amide bonds. The molecule has 1 aliphatic heterocycles. The molecule has 0 saturated carbocycles. The van der Waals surface area contributed by atoms with Crippen LogP contribution in [0.2, 0.25) is 0 Å². The highest BCUT2D eigenvalue weighted by Gasteiger charge is 2.33. The van der Waals surface area contributed by atoms with E-state index in [0.717, 1.165) is 11.3 Å². The molecule has 0 bridgehead atoms. The van der Waals surface area contributed by atoms with Crippen LogP contribution >= 0.6 is 0 Å². The molecule has 1 saturated heterocycles. The van der Waals surface area contributed by atoms with Crippen molar-refractivity contribution in [2.24, 2.45) is 5.73 Å². The largest absolute Gasteiger partial charge is 0.478 e. The summed E-state index contributed by atoms with van der Waals surface area (Å²) in [5, 5.41) is 13.0. The van der Waals surface area contributed by atoms with Gasteiger partial charge in [-0.05, 0) is 43.7 Å². The Kier molecular flexibility index (Phi) is 7.30. The molecule has 1 fully saturated rings. The molecule has 184 valence electrons. The van der Waals surface area contributed by atoms with Crippen LogP contribution in [0.4, 0.5) is 13.2 Å². The van der Waals surface area contributed by atoms with Crippen LogP contribution in [0.1, 0.15) is 34.1 Å². The molecule has 0 spiro atoms. The quantitative estimate of drug-likeness (QED) is 0.529. The predicted molar refractivity (Wildman–Crippen MR) is 127 cm³/mol. The van der Waals surface area contributed by atoms with Crippen molar-refractivity contribution in [1.82, 2.24) is 19.5 Å². The lowest BCUT2D eigenvalue weighted by atomic mass is 10.0. The summed E-state index contributed by atoms with van der Waals surface area (Å²) >= 11 is 0. The fraction of sp³-hybridized carbons (Fsp3) is 0.375. The molecule has 2 aromatic rings. The fourth-order valence-corrected chi connectivity index (χ4v) is 4.25. The van der Waals surface area contributed by atoms with E-state index >= 15 is 0 Å². The maximum absolute atomic E-state index is 12.8. The standard InChI is InChI=1S/C24H30F3N5O2/c1-15(28)5-6-20(29-4)18-7-8-32-21(18)13-19(23(33)34)16(2)22(32)17(3)31-11-9-30(10-12-31)14-24(25,26)27/h5-8,13,29H,3,9-12,14,28H2,1-2,4H3,(H,33,34)/b15-5-,20-6-. The van der Waals surface area contributed by atoms with Crippen molar-refractivity contribution in [3.8, 4) is 0 Å². The second-order valence-electron chi connectivity index (χ2n) is 8.39. The lowest BCUT2D eigenvalue weighted by Gasteiger charge is -2.37. The van der Waals surface area contributed by atoms with Crippen LogP contribution in [0, 0.1) is 6.92 Å². The van der Waals surface area contributed by atoms with Crippen molar-refractivity contribution < 1.29 is 23.1 Å². The Labute approximate surface area is 196 Å². The van der Waals surface area contributed by atoms with Gasteiger partial charge in [-0.3, -0.25) is 4.90 Å². The third kappa shape index (κ3) is 5.39. The van der Waals surface area contributed by atoms with E-state index in [1.807, 2.05) is 27.6 Å². The number of rotatable bonds is 7. The van der Waals surface area contributed by atoms with Crippen molar-refractivity contribution in [1.29, 1.82) is 0 Å². The van der Waals surface area contributed by atoms with E-state index in [4.69, 9.17) is 5.73 Å². The number of halogens is 3. The number of alkyl halides is 3. The number of carboxylic acids is 1.